The summed E-state index contributed by atoms with van der Waals surface area (Å²) >= 11 is 1.81. The molecule has 3 N–H and O–H groups in total. The molecule has 1 aromatic rings. The molecule has 0 bridgehead atoms. The molecule has 0 spiro atoms. The van der Waals surface area contributed by atoms with Crippen LogP contribution in [0.1, 0.15) is 18.9 Å². The summed E-state index contributed by atoms with van der Waals surface area (Å²) in [5, 5.41) is 3.12. The Kier molecular flexibility index (Phi) is 8.91. The Hall–Kier alpha value is -1.20. The largest absolute Gasteiger partial charge is 0.382 e. The number of nitrogens with zero attached hydrogens (tertiary/aromatic N) is 1. The number of ether oxygens (including phenoxy) is 1. The van der Waals surface area contributed by atoms with Gasteiger partial charge in [0, 0.05) is 37.0 Å². The summed E-state index contributed by atoms with van der Waals surface area (Å²) in [4.78, 5) is 5.53. The molecule has 0 radical (unpaired) electrons. The second kappa shape index (κ2) is 10.6. The van der Waals surface area contributed by atoms with Gasteiger partial charge < -0.3 is 15.8 Å². The molecule has 0 amide bonds. The topological polar surface area (TPSA) is 59.6 Å². The van der Waals surface area contributed by atoms with Crippen molar-refractivity contribution in [2.45, 2.75) is 25.2 Å². The van der Waals surface area contributed by atoms with Gasteiger partial charge in [0.2, 0.25) is 0 Å². The fourth-order valence-electron chi connectivity index (χ4n) is 1.55. The van der Waals surface area contributed by atoms with Crippen molar-refractivity contribution >= 4 is 17.7 Å². The van der Waals surface area contributed by atoms with Gasteiger partial charge in [-0.05, 0) is 32.4 Å². The third kappa shape index (κ3) is 8.07. The molecule has 0 atom stereocenters. The predicted molar refractivity (Wildman–Crippen MR) is 87.5 cm³/mol. The van der Waals surface area contributed by atoms with Crippen LogP contribution >= 0.6 is 11.8 Å². The van der Waals surface area contributed by atoms with Crippen LogP contribution < -0.4 is 11.1 Å². The SMILES string of the molecule is CCOCCCN=C(N)NCCSc1ccc(C)cc1. The van der Waals surface area contributed by atoms with Crippen LogP contribution in [0, 0.1) is 6.92 Å². The van der Waals surface area contributed by atoms with Gasteiger partial charge >= 0.3 is 0 Å². The summed E-state index contributed by atoms with van der Waals surface area (Å²) in [6.07, 6.45) is 0.911. The fourth-order valence-corrected chi connectivity index (χ4v) is 2.32. The van der Waals surface area contributed by atoms with Crippen LogP contribution in [-0.4, -0.2) is 38.0 Å². The standard InChI is InChI=1S/C15H25N3OS/c1-3-19-11-4-9-17-15(16)18-10-12-20-14-7-5-13(2)6-8-14/h5-8H,3-4,9-12H2,1-2H3,(H3,16,17,18). The Morgan fingerprint density at radius 3 is 2.80 bits per heavy atom. The first-order chi connectivity index (χ1) is 9.72. The lowest BCUT2D eigenvalue weighted by atomic mass is 10.2. The zero-order valence-corrected chi connectivity index (χ0v) is 13.2. The minimum Gasteiger partial charge on any atom is -0.382 e. The minimum atomic E-state index is 0.519. The lowest BCUT2D eigenvalue weighted by molar-refractivity contribution is 0.146. The molecule has 0 fully saturated rings. The first kappa shape index (κ1) is 16.9. The molecule has 0 aliphatic carbocycles. The van der Waals surface area contributed by atoms with Crippen LogP contribution in [0.25, 0.3) is 0 Å². The molecule has 1 rings (SSSR count). The van der Waals surface area contributed by atoms with Gasteiger partial charge in [-0.1, -0.05) is 17.7 Å². The monoisotopic (exact) mass is 295 g/mol. The first-order valence-electron chi connectivity index (χ1n) is 7.03. The summed E-state index contributed by atoms with van der Waals surface area (Å²) in [5.74, 6) is 1.49. The Labute approximate surface area is 126 Å². The number of hydrogen-bond donors (Lipinski definition) is 2. The van der Waals surface area contributed by atoms with Crippen molar-refractivity contribution < 1.29 is 4.74 Å². The van der Waals surface area contributed by atoms with E-state index in [1.54, 1.807) is 0 Å². The van der Waals surface area contributed by atoms with Gasteiger partial charge in [0.15, 0.2) is 5.96 Å². The molecule has 0 saturated heterocycles. The summed E-state index contributed by atoms with van der Waals surface area (Å²) in [6.45, 7) is 7.12. The number of rotatable bonds is 9. The molecule has 0 aromatic heterocycles. The molecule has 0 saturated carbocycles. The van der Waals surface area contributed by atoms with Crippen LogP contribution in [0.2, 0.25) is 0 Å². The van der Waals surface area contributed by atoms with E-state index >= 15 is 0 Å². The van der Waals surface area contributed by atoms with E-state index in [1.165, 1.54) is 10.5 Å². The number of aliphatic imine (C=N–C) groups is 1. The Morgan fingerprint density at radius 2 is 2.10 bits per heavy atom. The number of nitrogens with one attached hydrogen (secondary N) is 1. The maximum atomic E-state index is 5.78. The Bertz CT molecular complexity index is 393. The van der Waals surface area contributed by atoms with Gasteiger partial charge in [-0.15, -0.1) is 11.8 Å². The number of nitrogens with two attached hydrogens (primary N) is 1. The van der Waals surface area contributed by atoms with E-state index < -0.39 is 0 Å². The molecule has 0 aliphatic heterocycles. The minimum absolute atomic E-state index is 0.519. The second-order valence-electron chi connectivity index (χ2n) is 4.41. The molecule has 4 nitrogen and oxygen atoms in total. The maximum absolute atomic E-state index is 5.78. The van der Waals surface area contributed by atoms with Crippen molar-refractivity contribution in [2.75, 3.05) is 32.1 Å². The van der Waals surface area contributed by atoms with Crippen LogP contribution in [0.3, 0.4) is 0 Å². The predicted octanol–water partition coefficient (Wildman–Crippen LogP) is 2.42. The van der Waals surface area contributed by atoms with E-state index in [1.807, 2.05) is 18.7 Å². The highest BCUT2D eigenvalue weighted by Crippen LogP contribution is 2.17. The van der Waals surface area contributed by atoms with Crippen LogP contribution in [0.4, 0.5) is 0 Å². The summed E-state index contributed by atoms with van der Waals surface area (Å²) in [6, 6.07) is 8.55. The second-order valence-corrected chi connectivity index (χ2v) is 5.57. The summed E-state index contributed by atoms with van der Waals surface area (Å²) < 4.78 is 5.24. The molecule has 0 unspecified atom stereocenters. The van der Waals surface area contributed by atoms with Gasteiger partial charge in [0.05, 0.1) is 0 Å². The zero-order chi connectivity index (χ0) is 14.6. The summed E-state index contributed by atoms with van der Waals surface area (Å²) in [5.41, 5.74) is 7.06. The lowest BCUT2D eigenvalue weighted by Gasteiger charge is -2.06. The van der Waals surface area contributed by atoms with Crippen molar-refractivity contribution in [3.8, 4) is 0 Å². The van der Waals surface area contributed by atoms with Crippen molar-refractivity contribution in [2.24, 2.45) is 10.7 Å². The lowest BCUT2D eigenvalue weighted by Crippen LogP contribution is -2.33. The molecule has 5 heteroatoms. The van der Waals surface area contributed by atoms with E-state index in [2.05, 4.69) is 41.5 Å². The highest BCUT2D eigenvalue weighted by molar-refractivity contribution is 7.99. The molecular formula is C15H25N3OS. The zero-order valence-electron chi connectivity index (χ0n) is 12.4. The highest BCUT2D eigenvalue weighted by atomic mass is 32.2. The number of thioether (sulfide) groups is 1. The summed E-state index contributed by atoms with van der Waals surface area (Å²) in [7, 11) is 0. The van der Waals surface area contributed by atoms with Crippen molar-refractivity contribution in [3.05, 3.63) is 29.8 Å². The van der Waals surface area contributed by atoms with Crippen LogP contribution in [0.5, 0.6) is 0 Å². The van der Waals surface area contributed by atoms with Gasteiger partial charge in [-0.3, -0.25) is 4.99 Å². The smallest absolute Gasteiger partial charge is 0.188 e. The van der Waals surface area contributed by atoms with Crippen molar-refractivity contribution in [3.63, 3.8) is 0 Å². The molecular weight excluding hydrogens is 270 g/mol. The molecule has 0 heterocycles. The normalized spacial score (nSPS) is 11.6. The highest BCUT2D eigenvalue weighted by Gasteiger charge is 1.95. The maximum Gasteiger partial charge on any atom is 0.188 e. The average molecular weight is 295 g/mol. The van der Waals surface area contributed by atoms with Gasteiger partial charge in [0.1, 0.15) is 0 Å². The number of aryl methyl sites for hydroxylation is 1. The van der Waals surface area contributed by atoms with Gasteiger partial charge in [0.25, 0.3) is 0 Å². The van der Waals surface area contributed by atoms with Crippen molar-refractivity contribution in [1.82, 2.24) is 5.32 Å². The third-order valence-electron chi connectivity index (χ3n) is 2.63. The van der Waals surface area contributed by atoms with E-state index in [0.29, 0.717) is 12.5 Å². The third-order valence-corrected chi connectivity index (χ3v) is 3.64. The van der Waals surface area contributed by atoms with E-state index in [4.69, 9.17) is 10.5 Å². The van der Waals surface area contributed by atoms with E-state index in [-0.39, 0.29) is 0 Å². The quantitative estimate of drug-likeness (QED) is 0.318. The molecule has 1 aromatic carbocycles. The Morgan fingerprint density at radius 1 is 1.35 bits per heavy atom. The van der Waals surface area contributed by atoms with Gasteiger partial charge in [-0.2, -0.15) is 0 Å². The molecule has 20 heavy (non-hydrogen) atoms. The number of guanidine groups is 1. The fraction of sp³-hybridized carbons (Fsp3) is 0.533. The van der Waals surface area contributed by atoms with Crippen LogP contribution in [-0.2, 0) is 4.74 Å². The van der Waals surface area contributed by atoms with Crippen molar-refractivity contribution in [1.29, 1.82) is 0 Å². The average Bonchev–Trinajstić information content (AvgIpc) is 2.45. The van der Waals surface area contributed by atoms with E-state index in [0.717, 1.165) is 31.9 Å². The number of hydrogen-bond acceptors (Lipinski definition) is 3. The van der Waals surface area contributed by atoms with Crippen LogP contribution in [0.15, 0.2) is 34.2 Å². The number of benzene rings is 1. The molecule has 0 aliphatic rings. The first-order valence-corrected chi connectivity index (χ1v) is 8.02. The Balaban J connectivity index is 2.07. The molecule has 112 valence electrons. The van der Waals surface area contributed by atoms with Gasteiger partial charge in [-0.25, -0.2) is 0 Å². The van der Waals surface area contributed by atoms with E-state index in [9.17, 15) is 0 Å².